The van der Waals surface area contributed by atoms with E-state index < -0.39 is 36.1 Å². The van der Waals surface area contributed by atoms with Crippen LogP contribution < -0.4 is 14.9 Å². The lowest BCUT2D eigenvalue weighted by molar-refractivity contribution is -0.268. The molecule has 2 heterocycles. The summed E-state index contributed by atoms with van der Waals surface area (Å²) in [4.78, 5) is 13.7. The highest BCUT2D eigenvalue weighted by molar-refractivity contribution is 5.84. The van der Waals surface area contributed by atoms with E-state index in [1.165, 1.54) is 0 Å². The van der Waals surface area contributed by atoms with Crippen LogP contribution in [0.2, 0.25) is 0 Å². The molecule has 0 aliphatic carbocycles. The summed E-state index contributed by atoms with van der Waals surface area (Å²) in [5, 5.41) is 31.0. The number of fused-ring (bicyclic) bond motifs is 1. The largest absolute Gasteiger partial charge is 0.497 e. The Morgan fingerprint density at radius 2 is 1.74 bits per heavy atom. The summed E-state index contributed by atoms with van der Waals surface area (Å²) in [5.41, 5.74) is 2.51. The number of hydrogen-bond acceptors (Lipinski definition) is 8. The third-order valence-corrected chi connectivity index (χ3v) is 6.08. The van der Waals surface area contributed by atoms with Crippen molar-refractivity contribution < 1.29 is 33.9 Å². The smallest absolute Gasteiger partial charge is 0.235 e. The van der Waals surface area contributed by atoms with Crippen LogP contribution in [0.5, 0.6) is 11.5 Å². The standard InChI is InChI=1S/C27H30O8/c1-14(2)8-9-16-6-5-7-19-21(29)26(35-27-23(31)22(30)20(28)15(3)33-27)25(34-24(16)19)17-10-12-18(32-4)13-11-17/h5-8,10-13,15,20,22-23,27-28,30-31H,9H2,1-4H3/t15-,20-,22+,23+,27?/m1/s1. The Kier molecular flexibility index (Phi) is 7.28. The Morgan fingerprint density at radius 1 is 1.03 bits per heavy atom. The molecule has 3 N–H and O–H groups in total. The van der Waals surface area contributed by atoms with E-state index in [-0.39, 0.29) is 11.5 Å². The number of rotatable bonds is 6. The lowest BCUT2D eigenvalue weighted by Gasteiger charge is -2.38. The fourth-order valence-electron chi connectivity index (χ4n) is 4.00. The number of aliphatic hydroxyl groups excluding tert-OH is 3. The maximum absolute atomic E-state index is 13.7. The molecule has 1 aliphatic rings. The van der Waals surface area contributed by atoms with Gasteiger partial charge in [-0.05, 0) is 63.1 Å². The maximum atomic E-state index is 13.7. The minimum absolute atomic E-state index is 0.152. The molecule has 1 unspecified atom stereocenters. The van der Waals surface area contributed by atoms with Crippen LogP contribution in [0.3, 0.4) is 0 Å². The second kappa shape index (κ2) is 10.2. The van der Waals surface area contributed by atoms with Gasteiger partial charge in [0.05, 0.1) is 18.6 Å². The molecule has 2 aromatic carbocycles. The van der Waals surface area contributed by atoms with Crippen LogP contribution in [0.1, 0.15) is 26.3 Å². The number of aliphatic hydroxyl groups is 3. The number of hydrogen-bond donors (Lipinski definition) is 3. The van der Waals surface area contributed by atoms with E-state index in [0.29, 0.717) is 28.7 Å². The van der Waals surface area contributed by atoms with Crippen LogP contribution in [0.15, 0.2) is 63.3 Å². The molecule has 8 heteroatoms. The second-order valence-electron chi connectivity index (χ2n) is 8.90. The molecule has 5 atom stereocenters. The first-order chi connectivity index (χ1) is 16.7. The van der Waals surface area contributed by atoms with Crippen molar-refractivity contribution in [3.8, 4) is 22.8 Å². The van der Waals surface area contributed by atoms with Crippen molar-refractivity contribution >= 4 is 11.0 Å². The first-order valence-corrected chi connectivity index (χ1v) is 11.4. The zero-order chi connectivity index (χ0) is 25.3. The average Bonchev–Trinajstić information content (AvgIpc) is 2.86. The molecule has 3 aromatic rings. The highest BCUT2D eigenvalue weighted by Gasteiger charge is 2.43. The summed E-state index contributed by atoms with van der Waals surface area (Å²) in [6.45, 7) is 5.54. The van der Waals surface area contributed by atoms with Gasteiger partial charge in [0.1, 0.15) is 29.6 Å². The molecule has 35 heavy (non-hydrogen) atoms. The van der Waals surface area contributed by atoms with Crippen molar-refractivity contribution in [3.63, 3.8) is 0 Å². The zero-order valence-corrected chi connectivity index (χ0v) is 20.1. The van der Waals surface area contributed by atoms with Crippen LogP contribution in [0, 0.1) is 0 Å². The van der Waals surface area contributed by atoms with Crippen molar-refractivity contribution in [3.05, 3.63) is 69.9 Å². The van der Waals surface area contributed by atoms with Crippen LogP contribution in [-0.4, -0.2) is 53.1 Å². The van der Waals surface area contributed by atoms with Crippen molar-refractivity contribution in [2.45, 2.75) is 57.9 Å². The molecule has 0 radical (unpaired) electrons. The Morgan fingerprint density at radius 3 is 2.40 bits per heavy atom. The molecule has 1 aromatic heterocycles. The Labute approximate surface area is 203 Å². The van der Waals surface area contributed by atoms with Gasteiger partial charge in [-0.1, -0.05) is 23.8 Å². The molecule has 0 bridgehead atoms. The first-order valence-electron chi connectivity index (χ1n) is 11.4. The van der Waals surface area contributed by atoms with Crippen molar-refractivity contribution in [1.82, 2.24) is 0 Å². The first kappa shape index (κ1) is 24.9. The van der Waals surface area contributed by atoms with E-state index in [1.54, 1.807) is 50.4 Å². The summed E-state index contributed by atoms with van der Waals surface area (Å²) < 4.78 is 23.0. The highest BCUT2D eigenvalue weighted by Crippen LogP contribution is 2.35. The van der Waals surface area contributed by atoms with Gasteiger partial charge in [-0.15, -0.1) is 0 Å². The summed E-state index contributed by atoms with van der Waals surface area (Å²) in [5.74, 6) is 0.612. The van der Waals surface area contributed by atoms with Crippen molar-refractivity contribution in [2.75, 3.05) is 7.11 Å². The van der Waals surface area contributed by atoms with Crippen LogP contribution in [0.25, 0.3) is 22.3 Å². The highest BCUT2D eigenvalue weighted by atomic mass is 16.7. The maximum Gasteiger partial charge on any atom is 0.235 e. The summed E-state index contributed by atoms with van der Waals surface area (Å²) in [6, 6.07) is 12.2. The molecule has 0 saturated carbocycles. The van der Waals surface area contributed by atoms with Gasteiger partial charge in [0.25, 0.3) is 0 Å². The van der Waals surface area contributed by atoms with E-state index >= 15 is 0 Å². The minimum atomic E-state index is -1.58. The normalized spacial score (nSPS) is 24.3. The average molecular weight is 483 g/mol. The van der Waals surface area contributed by atoms with Gasteiger partial charge < -0.3 is 33.9 Å². The molecule has 0 amide bonds. The molecule has 1 saturated heterocycles. The Balaban J connectivity index is 1.88. The van der Waals surface area contributed by atoms with Gasteiger partial charge in [0, 0.05) is 5.56 Å². The predicted octanol–water partition coefficient (Wildman–Crippen LogP) is 3.18. The number of para-hydroxylation sites is 1. The Bertz CT molecular complexity index is 1270. The molecule has 4 rings (SSSR count). The van der Waals surface area contributed by atoms with Gasteiger partial charge in [0.15, 0.2) is 5.76 Å². The van der Waals surface area contributed by atoms with E-state index in [4.69, 9.17) is 18.6 Å². The molecular weight excluding hydrogens is 452 g/mol. The van der Waals surface area contributed by atoms with Crippen molar-refractivity contribution in [2.24, 2.45) is 0 Å². The van der Waals surface area contributed by atoms with Gasteiger partial charge in [-0.3, -0.25) is 4.79 Å². The van der Waals surface area contributed by atoms with Gasteiger partial charge in [0.2, 0.25) is 17.5 Å². The fraction of sp³-hybridized carbons (Fsp3) is 0.370. The fourth-order valence-corrected chi connectivity index (χ4v) is 4.00. The van der Waals surface area contributed by atoms with E-state index in [0.717, 1.165) is 11.1 Å². The monoisotopic (exact) mass is 482 g/mol. The quantitative estimate of drug-likeness (QED) is 0.459. The molecule has 1 aliphatic heterocycles. The summed E-state index contributed by atoms with van der Waals surface area (Å²) in [7, 11) is 1.55. The third kappa shape index (κ3) is 4.97. The lowest BCUT2D eigenvalue weighted by Crippen LogP contribution is -2.58. The molecule has 186 valence electrons. The topological polar surface area (TPSA) is 119 Å². The number of methoxy groups -OCH3 is 1. The molecule has 8 nitrogen and oxygen atoms in total. The number of ether oxygens (including phenoxy) is 3. The zero-order valence-electron chi connectivity index (χ0n) is 20.1. The van der Waals surface area contributed by atoms with Crippen LogP contribution in [-0.2, 0) is 11.2 Å². The summed E-state index contributed by atoms with van der Waals surface area (Å²) in [6.07, 6.45) is -3.97. The van der Waals surface area contributed by atoms with Gasteiger partial charge in [-0.25, -0.2) is 0 Å². The van der Waals surface area contributed by atoms with Crippen LogP contribution >= 0.6 is 0 Å². The summed E-state index contributed by atoms with van der Waals surface area (Å²) >= 11 is 0. The van der Waals surface area contributed by atoms with Gasteiger partial charge >= 0.3 is 0 Å². The van der Waals surface area contributed by atoms with E-state index in [1.807, 2.05) is 26.0 Å². The van der Waals surface area contributed by atoms with Gasteiger partial charge in [-0.2, -0.15) is 0 Å². The second-order valence-corrected chi connectivity index (χ2v) is 8.90. The Hall–Kier alpha value is -3.17. The predicted molar refractivity (Wildman–Crippen MR) is 131 cm³/mol. The minimum Gasteiger partial charge on any atom is -0.497 e. The number of allylic oxidation sites excluding steroid dienone is 2. The SMILES string of the molecule is COc1ccc(-c2oc3c(CC=C(C)C)cccc3c(=O)c2OC2O[C@H](C)[C@@H](O)[C@H](O)[C@@H]2O)cc1. The van der Waals surface area contributed by atoms with Crippen molar-refractivity contribution in [1.29, 1.82) is 0 Å². The third-order valence-electron chi connectivity index (χ3n) is 6.08. The van der Waals surface area contributed by atoms with E-state index in [2.05, 4.69) is 0 Å². The van der Waals surface area contributed by atoms with E-state index in [9.17, 15) is 20.1 Å². The molecule has 0 spiro atoms. The molecular formula is C27H30O8. The lowest BCUT2D eigenvalue weighted by atomic mass is 10.00. The number of benzene rings is 2. The molecule has 1 fully saturated rings. The van der Waals surface area contributed by atoms with Crippen LogP contribution in [0.4, 0.5) is 0 Å².